The minimum absolute atomic E-state index is 0.175. The molecule has 2 unspecified atom stereocenters. The molecule has 29 heavy (non-hydrogen) atoms. The monoisotopic (exact) mass is 422 g/mol. The first-order valence-corrected chi connectivity index (χ1v) is 11.2. The third-order valence-corrected chi connectivity index (χ3v) is 6.82. The number of nitrogens with one attached hydrogen (secondary N) is 1. The van der Waals surface area contributed by atoms with Gasteiger partial charge in [0.05, 0.1) is 31.7 Å². The Kier molecular flexibility index (Phi) is 7.29. The molecule has 0 spiro atoms. The molecular formula is C21H30N2O5S. The molecule has 3 rings (SSSR count). The van der Waals surface area contributed by atoms with E-state index in [-0.39, 0.29) is 24.3 Å². The Hall–Kier alpha value is -1.93. The van der Waals surface area contributed by atoms with E-state index in [4.69, 9.17) is 9.47 Å². The van der Waals surface area contributed by atoms with E-state index in [2.05, 4.69) is 12.2 Å². The summed E-state index contributed by atoms with van der Waals surface area (Å²) in [7, 11) is 1.37. The number of esters is 2. The second-order valence-corrected chi connectivity index (χ2v) is 9.03. The molecule has 1 aliphatic carbocycles. The number of hydrogen-bond donors (Lipinski definition) is 1. The Morgan fingerprint density at radius 1 is 1.28 bits per heavy atom. The van der Waals surface area contributed by atoms with Crippen molar-refractivity contribution in [3.63, 3.8) is 0 Å². The van der Waals surface area contributed by atoms with Crippen LogP contribution < -0.4 is 5.32 Å². The zero-order valence-corrected chi connectivity index (χ0v) is 18.2. The van der Waals surface area contributed by atoms with Crippen LogP contribution in [0.2, 0.25) is 0 Å². The Balaban J connectivity index is 1.67. The third-order valence-electron chi connectivity index (χ3n) is 5.65. The van der Waals surface area contributed by atoms with Crippen molar-refractivity contribution in [2.45, 2.75) is 46.0 Å². The quantitative estimate of drug-likeness (QED) is 0.710. The molecule has 2 aliphatic rings. The van der Waals surface area contributed by atoms with Crippen LogP contribution in [0.5, 0.6) is 0 Å². The highest BCUT2D eigenvalue weighted by Gasteiger charge is 2.30. The standard InChI is InChI=1S/C21H30N2O5S/c1-4-28-20(25)14-6-5-9-23(11-14)12-17(24)22-19-18(21(26)27-3)15-8-7-13(2)10-16(15)29-19/h13-14H,4-12H2,1-3H3,(H,22,24). The number of carbonyl (C=O) groups excluding carboxylic acids is 3. The molecule has 7 nitrogen and oxygen atoms in total. The Bertz CT molecular complexity index is 775. The molecule has 1 aromatic heterocycles. The van der Waals surface area contributed by atoms with E-state index in [1.807, 2.05) is 4.90 Å². The van der Waals surface area contributed by atoms with Crippen molar-refractivity contribution in [1.82, 2.24) is 4.90 Å². The zero-order valence-electron chi connectivity index (χ0n) is 17.4. The molecule has 2 heterocycles. The number of amides is 1. The van der Waals surface area contributed by atoms with Crippen molar-refractivity contribution in [3.8, 4) is 0 Å². The average molecular weight is 423 g/mol. The van der Waals surface area contributed by atoms with E-state index in [0.29, 0.717) is 29.6 Å². The van der Waals surface area contributed by atoms with Gasteiger partial charge in [0.15, 0.2) is 0 Å². The number of hydrogen-bond acceptors (Lipinski definition) is 7. The first-order valence-electron chi connectivity index (χ1n) is 10.3. The highest BCUT2D eigenvalue weighted by atomic mass is 32.1. The molecule has 0 radical (unpaired) electrons. The van der Waals surface area contributed by atoms with Crippen LogP contribution in [0.25, 0.3) is 0 Å². The Morgan fingerprint density at radius 2 is 2.07 bits per heavy atom. The van der Waals surface area contributed by atoms with Crippen LogP contribution >= 0.6 is 11.3 Å². The molecule has 160 valence electrons. The third kappa shape index (κ3) is 5.17. The lowest BCUT2D eigenvalue weighted by atomic mass is 9.88. The molecule has 0 aromatic carbocycles. The average Bonchev–Trinajstić information content (AvgIpc) is 3.04. The number of piperidine rings is 1. The maximum atomic E-state index is 12.7. The van der Waals surface area contributed by atoms with E-state index >= 15 is 0 Å². The fourth-order valence-electron chi connectivity index (χ4n) is 4.18. The minimum atomic E-state index is -0.396. The van der Waals surface area contributed by atoms with Crippen molar-refractivity contribution in [2.75, 3.05) is 38.7 Å². The smallest absolute Gasteiger partial charge is 0.341 e. The molecule has 1 saturated heterocycles. The number of carbonyl (C=O) groups is 3. The highest BCUT2D eigenvalue weighted by Crippen LogP contribution is 2.40. The fraction of sp³-hybridized carbons (Fsp3) is 0.667. The van der Waals surface area contributed by atoms with Gasteiger partial charge in [0, 0.05) is 11.4 Å². The summed E-state index contributed by atoms with van der Waals surface area (Å²) in [6.45, 7) is 5.85. The van der Waals surface area contributed by atoms with Crippen LogP contribution in [-0.2, 0) is 31.9 Å². The maximum absolute atomic E-state index is 12.7. The van der Waals surface area contributed by atoms with Gasteiger partial charge in [0.1, 0.15) is 5.00 Å². The summed E-state index contributed by atoms with van der Waals surface area (Å²) < 4.78 is 10.1. The van der Waals surface area contributed by atoms with E-state index < -0.39 is 5.97 Å². The number of fused-ring (bicyclic) bond motifs is 1. The predicted molar refractivity (Wildman–Crippen MR) is 111 cm³/mol. The fourth-order valence-corrected chi connectivity index (χ4v) is 5.59. The van der Waals surface area contributed by atoms with Gasteiger partial charge in [-0.15, -0.1) is 11.3 Å². The van der Waals surface area contributed by atoms with Crippen LogP contribution in [0.3, 0.4) is 0 Å². The van der Waals surface area contributed by atoms with E-state index in [9.17, 15) is 14.4 Å². The van der Waals surface area contributed by atoms with Gasteiger partial charge in [-0.05, 0) is 57.1 Å². The first-order chi connectivity index (χ1) is 13.9. The molecule has 2 atom stereocenters. The summed E-state index contributed by atoms with van der Waals surface area (Å²) in [6, 6.07) is 0. The van der Waals surface area contributed by atoms with Gasteiger partial charge in [-0.25, -0.2) is 4.79 Å². The molecule has 1 aromatic rings. The van der Waals surface area contributed by atoms with Crippen molar-refractivity contribution < 1.29 is 23.9 Å². The van der Waals surface area contributed by atoms with E-state index in [1.54, 1.807) is 6.92 Å². The molecule has 0 saturated carbocycles. The van der Waals surface area contributed by atoms with Crippen molar-refractivity contribution in [1.29, 1.82) is 0 Å². The summed E-state index contributed by atoms with van der Waals surface area (Å²) in [4.78, 5) is 40.2. The van der Waals surface area contributed by atoms with Gasteiger partial charge >= 0.3 is 11.9 Å². The maximum Gasteiger partial charge on any atom is 0.341 e. The van der Waals surface area contributed by atoms with Crippen molar-refractivity contribution in [2.24, 2.45) is 11.8 Å². The second kappa shape index (κ2) is 9.71. The lowest BCUT2D eigenvalue weighted by Crippen LogP contribution is -2.43. The molecular weight excluding hydrogens is 392 g/mol. The molecule has 1 fully saturated rings. The lowest BCUT2D eigenvalue weighted by molar-refractivity contribution is -0.150. The predicted octanol–water partition coefficient (Wildman–Crippen LogP) is 2.87. The number of nitrogens with zero attached hydrogens (tertiary/aromatic N) is 1. The normalized spacial score (nSPS) is 21.9. The van der Waals surface area contributed by atoms with Crippen LogP contribution in [0.15, 0.2) is 0 Å². The minimum Gasteiger partial charge on any atom is -0.466 e. The molecule has 1 amide bonds. The molecule has 1 aliphatic heterocycles. The summed E-state index contributed by atoms with van der Waals surface area (Å²) >= 11 is 1.49. The Labute approximate surface area is 175 Å². The van der Waals surface area contributed by atoms with Crippen LogP contribution in [-0.4, -0.2) is 56.1 Å². The first kappa shape index (κ1) is 21.8. The van der Waals surface area contributed by atoms with E-state index in [0.717, 1.165) is 44.2 Å². The second-order valence-electron chi connectivity index (χ2n) is 7.92. The van der Waals surface area contributed by atoms with Crippen LogP contribution in [0.1, 0.15) is 53.9 Å². The summed E-state index contributed by atoms with van der Waals surface area (Å²) in [5.74, 6) is -0.370. The van der Waals surface area contributed by atoms with Gasteiger partial charge in [0.25, 0.3) is 0 Å². The Morgan fingerprint density at radius 3 is 2.79 bits per heavy atom. The number of rotatable bonds is 6. The largest absolute Gasteiger partial charge is 0.466 e. The van der Waals surface area contributed by atoms with Gasteiger partial charge in [-0.2, -0.15) is 0 Å². The van der Waals surface area contributed by atoms with Crippen LogP contribution in [0, 0.1) is 11.8 Å². The van der Waals surface area contributed by atoms with Crippen molar-refractivity contribution in [3.05, 3.63) is 16.0 Å². The van der Waals surface area contributed by atoms with Gasteiger partial charge in [-0.1, -0.05) is 6.92 Å². The molecule has 8 heteroatoms. The number of thiophene rings is 1. The number of anilines is 1. The number of ether oxygens (including phenoxy) is 2. The SMILES string of the molecule is CCOC(=O)C1CCCN(CC(=O)Nc2sc3c(c2C(=O)OC)CCC(C)C3)C1. The van der Waals surface area contributed by atoms with Crippen molar-refractivity contribution >= 4 is 34.2 Å². The van der Waals surface area contributed by atoms with Gasteiger partial charge in [-0.3, -0.25) is 14.5 Å². The summed E-state index contributed by atoms with van der Waals surface area (Å²) in [5.41, 5.74) is 1.53. The van der Waals surface area contributed by atoms with Gasteiger partial charge in [0.2, 0.25) is 5.91 Å². The number of methoxy groups -OCH3 is 1. The summed E-state index contributed by atoms with van der Waals surface area (Å²) in [5, 5.41) is 3.52. The number of likely N-dealkylation sites (tertiary alicyclic amines) is 1. The lowest BCUT2D eigenvalue weighted by Gasteiger charge is -2.30. The molecule has 0 bridgehead atoms. The molecule has 1 N–H and O–H groups in total. The van der Waals surface area contributed by atoms with E-state index in [1.165, 1.54) is 23.3 Å². The highest BCUT2D eigenvalue weighted by molar-refractivity contribution is 7.17. The van der Waals surface area contributed by atoms with Gasteiger partial charge < -0.3 is 14.8 Å². The van der Waals surface area contributed by atoms with Crippen LogP contribution in [0.4, 0.5) is 5.00 Å². The topological polar surface area (TPSA) is 84.9 Å². The summed E-state index contributed by atoms with van der Waals surface area (Å²) in [6.07, 6.45) is 4.44. The zero-order chi connectivity index (χ0) is 21.0.